The Morgan fingerprint density at radius 1 is 0.846 bits per heavy atom. The number of nitrogens with one attached hydrogen (secondary N) is 2. The molecular formula is C19H22N2O5. The molecule has 0 heterocycles. The van der Waals surface area contributed by atoms with Crippen LogP contribution in [0.15, 0.2) is 42.5 Å². The molecule has 26 heavy (non-hydrogen) atoms. The molecule has 0 saturated carbocycles. The van der Waals surface area contributed by atoms with Crippen molar-refractivity contribution in [1.29, 1.82) is 0 Å². The molecule has 2 N–H and O–H groups in total. The van der Waals surface area contributed by atoms with Gasteiger partial charge in [-0.2, -0.15) is 0 Å². The minimum Gasteiger partial charge on any atom is -0.493 e. The third-order valence-corrected chi connectivity index (χ3v) is 3.64. The summed E-state index contributed by atoms with van der Waals surface area (Å²) < 4.78 is 15.3. The number of methoxy groups -OCH3 is 3. The summed E-state index contributed by atoms with van der Waals surface area (Å²) in [5.41, 5.74) is 1.49. The molecule has 7 heteroatoms. The fraction of sp³-hybridized carbons (Fsp3) is 0.263. The van der Waals surface area contributed by atoms with Gasteiger partial charge in [-0.05, 0) is 36.4 Å². The fourth-order valence-electron chi connectivity index (χ4n) is 2.26. The highest BCUT2D eigenvalue weighted by Gasteiger charge is 2.11. The highest BCUT2D eigenvalue weighted by Crippen LogP contribution is 2.29. The molecule has 7 nitrogen and oxygen atoms in total. The van der Waals surface area contributed by atoms with E-state index in [9.17, 15) is 9.59 Å². The minimum absolute atomic E-state index is 0.214. The molecule has 0 bridgehead atoms. The summed E-state index contributed by atoms with van der Waals surface area (Å²) in [6.07, 6.45) is 0. The van der Waals surface area contributed by atoms with Crippen molar-refractivity contribution in [2.75, 3.05) is 39.8 Å². The van der Waals surface area contributed by atoms with Gasteiger partial charge in [0, 0.05) is 36.5 Å². The van der Waals surface area contributed by atoms with Gasteiger partial charge in [-0.15, -0.1) is 0 Å². The van der Waals surface area contributed by atoms with Gasteiger partial charge >= 0.3 is 0 Å². The van der Waals surface area contributed by atoms with Crippen molar-refractivity contribution in [3.63, 3.8) is 0 Å². The monoisotopic (exact) mass is 358 g/mol. The second-order valence-electron chi connectivity index (χ2n) is 5.35. The molecule has 2 aromatic carbocycles. The van der Waals surface area contributed by atoms with Crippen molar-refractivity contribution in [3.05, 3.63) is 53.6 Å². The number of anilines is 1. The smallest absolute Gasteiger partial charge is 0.255 e. The number of benzene rings is 2. The van der Waals surface area contributed by atoms with E-state index in [2.05, 4.69) is 10.6 Å². The third-order valence-electron chi connectivity index (χ3n) is 3.64. The van der Waals surface area contributed by atoms with Crippen molar-refractivity contribution in [3.8, 4) is 11.5 Å². The summed E-state index contributed by atoms with van der Waals surface area (Å²) in [6, 6.07) is 11.5. The van der Waals surface area contributed by atoms with Gasteiger partial charge in [-0.25, -0.2) is 0 Å². The summed E-state index contributed by atoms with van der Waals surface area (Å²) in [5, 5.41) is 5.50. The van der Waals surface area contributed by atoms with Gasteiger partial charge in [0.1, 0.15) is 0 Å². The Morgan fingerprint density at radius 3 is 2.04 bits per heavy atom. The minimum atomic E-state index is -0.288. The highest BCUT2D eigenvalue weighted by atomic mass is 16.5. The van der Waals surface area contributed by atoms with Crippen LogP contribution in [-0.4, -0.2) is 46.3 Å². The molecule has 0 saturated heterocycles. The predicted molar refractivity (Wildman–Crippen MR) is 98.2 cm³/mol. The van der Waals surface area contributed by atoms with Gasteiger partial charge in [-0.3, -0.25) is 9.59 Å². The second kappa shape index (κ2) is 9.43. The number of ether oxygens (including phenoxy) is 3. The first-order chi connectivity index (χ1) is 12.6. The summed E-state index contributed by atoms with van der Waals surface area (Å²) >= 11 is 0. The lowest BCUT2D eigenvalue weighted by atomic mass is 10.1. The van der Waals surface area contributed by atoms with Gasteiger partial charge in [0.15, 0.2) is 11.5 Å². The topological polar surface area (TPSA) is 85.9 Å². The van der Waals surface area contributed by atoms with E-state index >= 15 is 0 Å². The number of rotatable bonds is 8. The largest absolute Gasteiger partial charge is 0.493 e. The van der Waals surface area contributed by atoms with Crippen LogP contribution in [0, 0.1) is 0 Å². The van der Waals surface area contributed by atoms with Gasteiger partial charge in [-0.1, -0.05) is 0 Å². The SMILES string of the molecule is COCCNC(=O)c1ccc(C(=O)Nc2ccc(OC)c(OC)c2)cc1. The molecule has 0 fully saturated rings. The van der Waals surface area contributed by atoms with E-state index in [0.717, 1.165) is 0 Å². The van der Waals surface area contributed by atoms with Crippen LogP contribution in [0.1, 0.15) is 20.7 Å². The zero-order valence-corrected chi connectivity index (χ0v) is 15.0. The average molecular weight is 358 g/mol. The molecule has 138 valence electrons. The molecular weight excluding hydrogens is 336 g/mol. The molecule has 0 atom stereocenters. The van der Waals surface area contributed by atoms with Gasteiger partial charge in [0.05, 0.1) is 20.8 Å². The first-order valence-electron chi connectivity index (χ1n) is 7.99. The Hall–Kier alpha value is -3.06. The van der Waals surface area contributed by atoms with Crippen LogP contribution >= 0.6 is 0 Å². The Morgan fingerprint density at radius 2 is 1.46 bits per heavy atom. The summed E-state index contributed by atoms with van der Waals surface area (Å²) in [4.78, 5) is 24.3. The van der Waals surface area contributed by atoms with Crippen molar-refractivity contribution in [2.24, 2.45) is 0 Å². The quantitative estimate of drug-likeness (QED) is 0.708. The van der Waals surface area contributed by atoms with Crippen LogP contribution in [-0.2, 0) is 4.74 Å². The van der Waals surface area contributed by atoms with Gasteiger partial charge in [0.25, 0.3) is 11.8 Å². The van der Waals surface area contributed by atoms with E-state index in [4.69, 9.17) is 14.2 Å². The lowest BCUT2D eigenvalue weighted by Gasteiger charge is -2.11. The first-order valence-corrected chi connectivity index (χ1v) is 7.99. The van der Waals surface area contributed by atoms with E-state index in [1.807, 2.05) is 0 Å². The van der Waals surface area contributed by atoms with Crippen molar-refractivity contribution in [1.82, 2.24) is 5.32 Å². The van der Waals surface area contributed by atoms with E-state index in [0.29, 0.717) is 41.5 Å². The molecule has 2 rings (SSSR count). The first kappa shape index (κ1) is 19.3. The van der Waals surface area contributed by atoms with Crippen molar-refractivity contribution in [2.45, 2.75) is 0 Å². The Balaban J connectivity index is 2.02. The molecule has 0 radical (unpaired) electrons. The van der Waals surface area contributed by atoms with Crippen LogP contribution in [0.4, 0.5) is 5.69 Å². The number of amides is 2. The van der Waals surface area contributed by atoms with E-state index in [-0.39, 0.29) is 11.8 Å². The number of carbonyl (C=O) groups is 2. The van der Waals surface area contributed by atoms with E-state index < -0.39 is 0 Å². The van der Waals surface area contributed by atoms with Gasteiger partial charge < -0.3 is 24.8 Å². The molecule has 0 aliphatic carbocycles. The second-order valence-corrected chi connectivity index (χ2v) is 5.35. The number of hydrogen-bond acceptors (Lipinski definition) is 5. The van der Waals surface area contributed by atoms with Crippen LogP contribution in [0.2, 0.25) is 0 Å². The standard InChI is InChI=1S/C19H22N2O5/c1-24-11-10-20-18(22)13-4-6-14(7-5-13)19(23)21-15-8-9-16(25-2)17(12-15)26-3/h4-9,12H,10-11H2,1-3H3,(H,20,22)(H,21,23). The Bertz CT molecular complexity index is 759. The van der Waals surface area contributed by atoms with Crippen LogP contribution in [0.5, 0.6) is 11.5 Å². The molecule has 0 aliphatic heterocycles. The molecule has 0 unspecified atom stereocenters. The lowest BCUT2D eigenvalue weighted by Crippen LogP contribution is -2.26. The normalized spacial score (nSPS) is 10.1. The number of carbonyl (C=O) groups excluding carboxylic acids is 2. The zero-order chi connectivity index (χ0) is 18.9. The van der Waals surface area contributed by atoms with E-state index in [1.54, 1.807) is 56.7 Å². The Labute approximate surface area is 152 Å². The predicted octanol–water partition coefficient (Wildman–Crippen LogP) is 2.33. The Kier molecular flexibility index (Phi) is 6.99. The van der Waals surface area contributed by atoms with E-state index in [1.165, 1.54) is 7.11 Å². The maximum absolute atomic E-state index is 12.4. The molecule has 2 amide bonds. The van der Waals surface area contributed by atoms with Crippen LogP contribution in [0.3, 0.4) is 0 Å². The van der Waals surface area contributed by atoms with Crippen LogP contribution in [0.25, 0.3) is 0 Å². The van der Waals surface area contributed by atoms with Crippen LogP contribution < -0.4 is 20.1 Å². The van der Waals surface area contributed by atoms with Crippen molar-refractivity contribution >= 4 is 17.5 Å². The summed E-state index contributed by atoms with van der Waals surface area (Å²) in [7, 11) is 4.64. The van der Waals surface area contributed by atoms with Gasteiger partial charge in [0.2, 0.25) is 0 Å². The third kappa shape index (κ3) is 4.97. The molecule has 2 aromatic rings. The average Bonchev–Trinajstić information content (AvgIpc) is 2.68. The maximum atomic E-state index is 12.4. The molecule has 0 aliphatic rings. The molecule has 0 aromatic heterocycles. The summed E-state index contributed by atoms with van der Waals surface area (Å²) in [6.45, 7) is 0.869. The number of hydrogen-bond donors (Lipinski definition) is 2. The zero-order valence-electron chi connectivity index (χ0n) is 15.0. The maximum Gasteiger partial charge on any atom is 0.255 e. The summed E-state index contributed by atoms with van der Waals surface area (Å²) in [5.74, 6) is 0.597. The molecule has 0 spiro atoms. The lowest BCUT2D eigenvalue weighted by molar-refractivity contribution is 0.0935. The van der Waals surface area contributed by atoms with Crippen molar-refractivity contribution < 1.29 is 23.8 Å². The highest BCUT2D eigenvalue weighted by molar-refractivity contribution is 6.05. The fourth-order valence-corrected chi connectivity index (χ4v) is 2.26.